The number of nitrogens with zero attached hydrogens (tertiary/aromatic N) is 4. The van der Waals surface area contributed by atoms with Crippen LogP contribution in [0.4, 0.5) is 5.69 Å². The highest BCUT2D eigenvalue weighted by atomic mass is 31.2. The first-order valence-electron chi connectivity index (χ1n) is 14.6. The fraction of sp³-hybridized carbons (Fsp3) is 0.467. The van der Waals surface area contributed by atoms with Crippen molar-refractivity contribution in [1.29, 1.82) is 0 Å². The molecule has 1 aliphatic heterocycles. The summed E-state index contributed by atoms with van der Waals surface area (Å²) in [5.74, 6) is -0.00542. The second-order valence-corrected chi connectivity index (χ2v) is 11.8. The fourth-order valence-electron chi connectivity index (χ4n) is 5.09. The molecule has 0 saturated carbocycles. The van der Waals surface area contributed by atoms with Gasteiger partial charge in [0.2, 0.25) is 11.8 Å². The molecule has 0 spiro atoms. The molecule has 2 amide bonds. The maximum atomic E-state index is 13.6. The zero-order valence-corrected chi connectivity index (χ0v) is 25.2. The Morgan fingerprint density at radius 1 is 0.976 bits per heavy atom. The molecule has 1 aliphatic rings. The summed E-state index contributed by atoms with van der Waals surface area (Å²) in [6.45, 7) is 3.85. The monoisotopic (exact) mass is 597 g/mol. The van der Waals surface area contributed by atoms with E-state index in [4.69, 9.17) is 4.52 Å². The lowest BCUT2D eigenvalue weighted by Gasteiger charge is -2.28. The van der Waals surface area contributed by atoms with Crippen molar-refractivity contribution >= 4 is 25.3 Å². The van der Waals surface area contributed by atoms with E-state index in [-0.39, 0.29) is 18.4 Å². The predicted octanol–water partition coefficient (Wildman–Crippen LogP) is 5.48. The van der Waals surface area contributed by atoms with E-state index in [1.807, 2.05) is 65.0 Å². The first-order chi connectivity index (χ1) is 20.3. The minimum Gasteiger partial charge on any atom is -0.356 e. The van der Waals surface area contributed by atoms with Crippen molar-refractivity contribution in [3.63, 3.8) is 0 Å². The highest BCUT2D eigenvalue weighted by Gasteiger charge is 2.28. The number of aryl methyl sites for hydroxylation is 1. The van der Waals surface area contributed by atoms with Crippen LogP contribution in [0.3, 0.4) is 0 Å². The molecule has 1 aromatic heterocycles. The number of aromatic nitrogens is 3. The Kier molecular flexibility index (Phi) is 11.4. The van der Waals surface area contributed by atoms with Crippen LogP contribution in [0.5, 0.6) is 0 Å². The first kappa shape index (κ1) is 31.6. The molecule has 1 atom stereocenters. The third-order valence-corrected chi connectivity index (χ3v) is 8.28. The van der Waals surface area contributed by atoms with Gasteiger partial charge in [0.25, 0.3) is 0 Å². The minimum absolute atomic E-state index is 0.0173. The van der Waals surface area contributed by atoms with Crippen molar-refractivity contribution in [2.24, 2.45) is 0 Å². The second kappa shape index (κ2) is 15.2. The van der Waals surface area contributed by atoms with Crippen molar-refractivity contribution in [3.05, 3.63) is 54.1 Å². The van der Waals surface area contributed by atoms with Crippen LogP contribution >= 0.6 is 7.82 Å². The number of para-hydroxylation sites is 1. The normalized spacial score (nSPS) is 13.7. The number of fused-ring (bicyclic) bond motifs is 5. The first-order valence-corrected chi connectivity index (χ1v) is 16.1. The van der Waals surface area contributed by atoms with E-state index >= 15 is 0 Å². The Labute approximate surface area is 246 Å². The van der Waals surface area contributed by atoms with Gasteiger partial charge in [0, 0.05) is 44.2 Å². The molecule has 0 radical (unpaired) electrons. The topological polar surface area (TPSA) is 136 Å². The summed E-state index contributed by atoms with van der Waals surface area (Å²) in [6.07, 6.45) is 5.10. The molecule has 3 aromatic rings. The molecular formula is C30H40N5O6P. The Morgan fingerprint density at radius 3 is 2.48 bits per heavy atom. The number of phosphoric acid groups is 1. The van der Waals surface area contributed by atoms with Crippen molar-refractivity contribution in [2.75, 3.05) is 25.2 Å². The molecule has 1 unspecified atom stereocenters. The van der Waals surface area contributed by atoms with Gasteiger partial charge in [-0.1, -0.05) is 60.5 Å². The van der Waals surface area contributed by atoms with Gasteiger partial charge >= 0.3 is 7.82 Å². The lowest BCUT2D eigenvalue weighted by molar-refractivity contribution is -0.122. The van der Waals surface area contributed by atoms with E-state index in [2.05, 4.69) is 20.2 Å². The highest BCUT2D eigenvalue weighted by Crippen LogP contribution is 2.42. The summed E-state index contributed by atoms with van der Waals surface area (Å²) in [7, 11) is -2.77. The molecule has 0 bridgehead atoms. The maximum absolute atomic E-state index is 13.6. The van der Waals surface area contributed by atoms with E-state index in [9.17, 15) is 19.0 Å². The van der Waals surface area contributed by atoms with Crippen LogP contribution in [0.15, 0.2) is 48.5 Å². The van der Waals surface area contributed by atoms with Gasteiger partial charge in [-0.05, 0) is 44.2 Å². The number of unbranched alkanes of at least 4 members (excludes halogenated alkanes) is 4. The molecule has 2 heterocycles. The number of nitrogens with one attached hydrogen (secondary N) is 1. The molecule has 4 rings (SSSR count). The molecular weight excluding hydrogens is 557 g/mol. The quantitative estimate of drug-likeness (QED) is 0.174. The number of hydrogen-bond donors (Lipinski definition) is 2. The number of carbonyl (C=O) groups is 2. The molecule has 0 aliphatic carbocycles. The lowest BCUT2D eigenvalue weighted by Crippen LogP contribution is -2.31. The lowest BCUT2D eigenvalue weighted by atomic mass is 9.95. The number of carbonyl (C=O) groups excluding carboxylic acids is 2. The highest BCUT2D eigenvalue weighted by molar-refractivity contribution is 7.47. The van der Waals surface area contributed by atoms with Gasteiger partial charge in [-0.15, -0.1) is 5.10 Å². The van der Waals surface area contributed by atoms with E-state index in [0.29, 0.717) is 51.7 Å². The molecule has 0 fully saturated rings. The molecule has 11 nitrogen and oxygen atoms in total. The van der Waals surface area contributed by atoms with Gasteiger partial charge in [0.15, 0.2) is 0 Å². The number of rotatable bonds is 15. The maximum Gasteiger partial charge on any atom is 0.471 e. The summed E-state index contributed by atoms with van der Waals surface area (Å²) >= 11 is 0. The van der Waals surface area contributed by atoms with Gasteiger partial charge in [-0.3, -0.25) is 18.6 Å². The van der Waals surface area contributed by atoms with Crippen LogP contribution in [0.25, 0.3) is 22.5 Å². The smallest absolute Gasteiger partial charge is 0.356 e. The van der Waals surface area contributed by atoms with Gasteiger partial charge < -0.3 is 15.1 Å². The van der Waals surface area contributed by atoms with Crippen molar-refractivity contribution < 1.29 is 28.1 Å². The fourth-order valence-corrected chi connectivity index (χ4v) is 5.55. The average molecular weight is 598 g/mol. The standard InChI is InChI=1S/C30H40N5O6P/c1-3-35-30-25-16-8-9-17-26(25)34(22-23-14-6-7-15-24(23)29(30)32-33-35)28(37)19-11-10-18-27(36)31-20-12-4-5-13-21-41-42(38,39)40-2/h6-9,14-17H,3-5,10-13,18-22H2,1-2H3,(H,31,36)(H,38,39). The van der Waals surface area contributed by atoms with Gasteiger partial charge in [0.1, 0.15) is 5.69 Å². The van der Waals surface area contributed by atoms with Crippen LogP contribution < -0.4 is 10.2 Å². The molecule has 226 valence electrons. The zero-order valence-electron chi connectivity index (χ0n) is 24.3. The van der Waals surface area contributed by atoms with Crippen LogP contribution in [-0.4, -0.2) is 52.0 Å². The van der Waals surface area contributed by atoms with Gasteiger partial charge in [-0.25, -0.2) is 9.25 Å². The Balaban J connectivity index is 1.27. The molecule has 2 N–H and O–H groups in total. The Hall–Kier alpha value is -3.37. The molecule has 12 heteroatoms. The predicted molar refractivity (Wildman–Crippen MR) is 160 cm³/mol. The summed E-state index contributed by atoms with van der Waals surface area (Å²) in [6, 6.07) is 15.9. The van der Waals surface area contributed by atoms with E-state index < -0.39 is 7.82 Å². The van der Waals surface area contributed by atoms with Crippen molar-refractivity contribution in [1.82, 2.24) is 20.3 Å². The Bertz CT molecular complexity index is 1410. The van der Waals surface area contributed by atoms with Crippen LogP contribution in [-0.2, 0) is 36.3 Å². The van der Waals surface area contributed by atoms with Crippen LogP contribution in [0, 0.1) is 0 Å². The number of benzene rings is 2. The van der Waals surface area contributed by atoms with E-state index in [1.54, 1.807) is 0 Å². The summed E-state index contributed by atoms with van der Waals surface area (Å²) in [5, 5.41) is 11.8. The van der Waals surface area contributed by atoms with Gasteiger partial charge in [0.05, 0.1) is 24.5 Å². The molecule has 2 aromatic carbocycles. The zero-order chi connectivity index (χ0) is 30.0. The van der Waals surface area contributed by atoms with Gasteiger partial charge in [-0.2, -0.15) is 0 Å². The number of phosphoric ester groups is 1. The third-order valence-electron chi connectivity index (χ3n) is 7.31. The summed E-state index contributed by atoms with van der Waals surface area (Å²) in [4.78, 5) is 36.9. The second-order valence-electron chi connectivity index (χ2n) is 10.2. The average Bonchev–Trinajstić information content (AvgIpc) is 3.42. The largest absolute Gasteiger partial charge is 0.471 e. The third kappa shape index (κ3) is 8.13. The number of hydrogen-bond acceptors (Lipinski definition) is 7. The van der Waals surface area contributed by atoms with E-state index in [0.717, 1.165) is 60.1 Å². The Morgan fingerprint density at radius 2 is 1.69 bits per heavy atom. The van der Waals surface area contributed by atoms with Crippen molar-refractivity contribution in [2.45, 2.75) is 71.4 Å². The van der Waals surface area contributed by atoms with Crippen molar-refractivity contribution in [3.8, 4) is 22.5 Å². The molecule has 0 saturated heterocycles. The summed E-state index contributed by atoms with van der Waals surface area (Å²) < 4.78 is 22.3. The summed E-state index contributed by atoms with van der Waals surface area (Å²) in [5.41, 5.74) is 5.49. The number of amides is 2. The SMILES string of the molecule is CCn1nnc2c1-c1ccccc1N(C(=O)CCCCC(=O)NCCCCCCOP(=O)(O)OC)Cc1ccccc1-2. The van der Waals surface area contributed by atoms with Crippen LogP contribution in [0.2, 0.25) is 0 Å². The van der Waals surface area contributed by atoms with E-state index in [1.165, 1.54) is 0 Å². The minimum atomic E-state index is -3.91. The molecule has 42 heavy (non-hydrogen) atoms. The number of anilines is 1. The van der Waals surface area contributed by atoms with Crippen LogP contribution in [0.1, 0.15) is 63.9 Å².